The fraction of sp³-hybridized carbons (Fsp3) is 0.375. The molecular formula is C24H27N3O2S. The summed E-state index contributed by atoms with van der Waals surface area (Å²) in [7, 11) is 0. The Balaban J connectivity index is 1.61. The van der Waals surface area contributed by atoms with Gasteiger partial charge in [-0.3, -0.25) is 9.59 Å². The number of rotatable bonds is 5. The van der Waals surface area contributed by atoms with Crippen LogP contribution in [0.15, 0.2) is 54.6 Å². The van der Waals surface area contributed by atoms with Crippen LogP contribution in [0.1, 0.15) is 30.8 Å². The molecule has 4 rings (SSSR count). The number of para-hydroxylation sites is 1. The van der Waals surface area contributed by atoms with Gasteiger partial charge in [-0.25, -0.2) is 4.98 Å². The molecule has 3 aromatic rings. The summed E-state index contributed by atoms with van der Waals surface area (Å²) in [5, 5.41) is 0.968. The van der Waals surface area contributed by atoms with E-state index < -0.39 is 5.41 Å². The van der Waals surface area contributed by atoms with Gasteiger partial charge in [0.05, 0.1) is 20.6 Å². The van der Waals surface area contributed by atoms with Crippen molar-refractivity contribution in [1.82, 2.24) is 14.8 Å². The molecule has 30 heavy (non-hydrogen) atoms. The van der Waals surface area contributed by atoms with Crippen LogP contribution in [0.3, 0.4) is 0 Å². The van der Waals surface area contributed by atoms with Crippen LogP contribution in [0, 0.1) is 0 Å². The van der Waals surface area contributed by atoms with Gasteiger partial charge in [0.2, 0.25) is 11.8 Å². The van der Waals surface area contributed by atoms with E-state index in [2.05, 4.69) is 6.07 Å². The zero-order valence-electron chi connectivity index (χ0n) is 17.5. The lowest BCUT2D eigenvalue weighted by Gasteiger charge is -2.40. The zero-order chi connectivity index (χ0) is 21.1. The van der Waals surface area contributed by atoms with E-state index in [1.807, 2.05) is 72.2 Å². The predicted octanol–water partition coefficient (Wildman–Crippen LogP) is 3.88. The molecule has 0 aliphatic carbocycles. The maximum Gasteiger partial charge on any atom is 0.233 e. The third-order valence-corrected chi connectivity index (χ3v) is 6.98. The van der Waals surface area contributed by atoms with Crippen molar-refractivity contribution in [2.24, 2.45) is 0 Å². The van der Waals surface area contributed by atoms with Crippen molar-refractivity contribution in [1.29, 1.82) is 0 Å². The summed E-state index contributed by atoms with van der Waals surface area (Å²) >= 11 is 1.66. The Labute approximate surface area is 181 Å². The van der Waals surface area contributed by atoms with E-state index >= 15 is 0 Å². The molecule has 0 N–H and O–H groups in total. The van der Waals surface area contributed by atoms with E-state index in [-0.39, 0.29) is 11.8 Å². The monoisotopic (exact) mass is 421 g/mol. The number of benzene rings is 2. The molecule has 5 nitrogen and oxygen atoms in total. The van der Waals surface area contributed by atoms with Gasteiger partial charge in [0.15, 0.2) is 0 Å². The fourth-order valence-electron chi connectivity index (χ4n) is 4.14. The van der Waals surface area contributed by atoms with Crippen molar-refractivity contribution < 1.29 is 9.59 Å². The van der Waals surface area contributed by atoms with Crippen LogP contribution in [-0.2, 0) is 21.4 Å². The highest BCUT2D eigenvalue weighted by Crippen LogP contribution is 2.34. The first-order chi connectivity index (χ1) is 14.5. The number of amides is 2. The molecule has 6 heteroatoms. The molecule has 1 atom stereocenters. The van der Waals surface area contributed by atoms with Gasteiger partial charge in [-0.1, -0.05) is 49.4 Å². The lowest BCUT2D eigenvalue weighted by atomic mass is 9.78. The van der Waals surface area contributed by atoms with Gasteiger partial charge in [-0.05, 0) is 24.6 Å². The topological polar surface area (TPSA) is 53.5 Å². The Bertz CT molecular complexity index is 1010. The minimum Gasteiger partial charge on any atom is -0.339 e. The van der Waals surface area contributed by atoms with Crippen LogP contribution in [0.2, 0.25) is 0 Å². The highest BCUT2D eigenvalue weighted by molar-refractivity contribution is 7.18. The summed E-state index contributed by atoms with van der Waals surface area (Å²) in [6, 6.07) is 18.1. The number of fused-ring (bicyclic) bond motifs is 1. The average molecular weight is 422 g/mol. The molecule has 0 saturated carbocycles. The number of hydrogen-bond donors (Lipinski definition) is 0. The van der Waals surface area contributed by atoms with Gasteiger partial charge in [-0.2, -0.15) is 0 Å². The average Bonchev–Trinajstić information content (AvgIpc) is 3.20. The molecule has 1 aliphatic rings. The Kier molecular flexibility index (Phi) is 5.86. The number of carbonyl (C=O) groups is 2. The molecule has 1 saturated heterocycles. The number of thiazole rings is 1. The van der Waals surface area contributed by atoms with E-state index in [4.69, 9.17) is 4.98 Å². The number of aromatic nitrogens is 1. The van der Waals surface area contributed by atoms with Crippen molar-refractivity contribution >= 4 is 33.4 Å². The predicted molar refractivity (Wildman–Crippen MR) is 121 cm³/mol. The van der Waals surface area contributed by atoms with Gasteiger partial charge in [0, 0.05) is 39.0 Å². The van der Waals surface area contributed by atoms with Gasteiger partial charge < -0.3 is 9.80 Å². The second-order valence-corrected chi connectivity index (χ2v) is 9.09. The lowest BCUT2D eigenvalue weighted by Crippen LogP contribution is -2.55. The number of piperazine rings is 1. The van der Waals surface area contributed by atoms with Crippen LogP contribution in [0.25, 0.3) is 10.2 Å². The first-order valence-corrected chi connectivity index (χ1v) is 11.3. The van der Waals surface area contributed by atoms with Crippen LogP contribution < -0.4 is 0 Å². The Morgan fingerprint density at radius 1 is 0.967 bits per heavy atom. The maximum atomic E-state index is 13.8. The summed E-state index contributed by atoms with van der Waals surface area (Å²) in [6.07, 6.45) is 1.07. The number of hydrogen-bond acceptors (Lipinski definition) is 4. The van der Waals surface area contributed by atoms with Crippen molar-refractivity contribution in [3.8, 4) is 0 Å². The van der Waals surface area contributed by atoms with Crippen molar-refractivity contribution in [2.75, 3.05) is 26.2 Å². The number of carbonyl (C=O) groups excluding carboxylic acids is 2. The fourth-order valence-corrected chi connectivity index (χ4v) is 5.26. The minimum atomic E-state index is -0.702. The largest absolute Gasteiger partial charge is 0.339 e. The van der Waals surface area contributed by atoms with E-state index in [0.29, 0.717) is 39.0 Å². The van der Waals surface area contributed by atoms with E-state index in [1.54, 1.807) is 11.3 Å². The van der Waals surface area contributed by atoms with Gasteiger partial charge in [0.1, 0.15) is 0 Å². The number of nitrogens with zero attached hydrogens (tertiary/aromatic N) is 3. The Morgan fingerprint density at radius 3 is 2.27 bits per heavy atom. The normalized spacial score (nSPS) is 16.5. The molecule has 0 bridgehead atoms. The Morgan fingerprint density at radius 2 is 1.60 bits per heavy atom. The standard InChI is InChI=1S/C24H27N3O2S/c1-3-22(28)26-13-15-27(16-14-26)23(29)24(2,18-9-5-4-6-10-18)17-21-25-19-11-7-8-12-20(19)30-21/h4-12H,3,13-17H2,1-2H3. The van der Waals surface area contributed by atoms with Crippen molar-refractivity contribution in [3.05, 3.63) is 65.2 Å². The van der Waals surface area contributed by atoms with E-state index in [9.17, 15) is 9.59 Å². The minimum absolute atomic E-state index is 0.108. The second-order valence-electron chi connectivity index (χ2n) is 7.98. The third-order valence-electron chi connectivity index (χ3n) is 5.95. The van der Waals surface area contributed by atoms with Crippen LogP contribution >= 0.6 is 11.3 Å². The van der Waals surface area contributed by atoms with Gasteiger partial charge >= 0.3 is 0 Å². The molecule has 156 valence electrons. The molecule has 2 amide bonds. The van der Waals surface area contributed by atoms with Crippen molar-refractivity contribution in [3.63, 3.8) is 0 Å². The van der Waals surface area contributed by atoms with Crippen LogP contribution in [0.4, 0.5) is 0 Å². The molecule has 1 aliphatic heterocycles. The third kappa shape index (κ3) is 3.97. The van der Waals surface area contributed by atoms with E-state index in [0.717, 1.165) is 20.8 Å². The molecule has 1 aromatic heterocycles. The molecule has 2 aromatic carbocycles. The summed E-state index contributed by atoms with van der Waals surface area (Å²) in [5.74, 6) is 0.263. The lowest BCUT2D eigenvalue weighted by molar-refractivity contribution is -0.143. The zero-order valence-corrected chi connectivity index (χ0v) is 18.3. The summed E-state index contributed by atoms with van der Waals surface area (Å²) in [6.45, 7) is 6.26. The first kappa shape index (κ1) is 20.5. The summed E-state index contributed by atoms with van der Waals surface area (Å²) < 4.78 is 1.14. The molecule has 1 unspecified atom stereocenters. The van der Waals surface area contributed by atoms with Gasteiger partial charge in [-0.15, -0.1) is 11.3 Å². The van der Waals surface area contributed by atoms with Crippen LogP contribution in [-0.4, -0.2) is 52.8 Å². The molecule has 1 fully saturated rings. The van der Waals surface area contributed by atoms with E-state index in [1.165, 1.54) is 0 Å². The molecule has 2 heterocycles. The highest BCUT2D eigenvalue weighted by atomic mass is 32.1. The van der Waals surface area contributed by atoms with Crippen molar-refractivity contribution in [2.45, 2.75) is 32.1 Å². The smallest absolute Gasteiger partial charge is 0.233 e. The molecule has 0 radical (unpaired) electrons. The highest BCUT2D eigenvalue weighted by Gasteiger charge is 2.40. The SMILES string of the molecule is CCC(=O)N1CCN(C(=O)C(C)(Cc2nc3ccccc3s2)c2ccccc2)CC1. The molecular weight excluding hydrogens is 394 g/mol. The quantitative estimate of drug-likeness (QED) is 0.628. The Hall–Kier alpha value is -2.73. The first-order valence-electron chi connectivity index (χ1n) is 10.5. The van der Waals surface area contributed by atoms with Gasteiger partial charge in [0.25, 0.3) is 0 Å². The summed E-state index contributed by atoms with van der Waals surface area (Å²) in [5.41, 5.74) is 1.28. The maximum absolute atomic E-state index is 13.8. The second kappa shape index (κ2) is 8.56. The summed E-state index contributed by atoms with van der Waals surface area (Å²) in [4.78, 5) is 34.4. The molecule has 0 spiro atoms. The van der Waals surface area contributed by atoms with Crippen LogP contribution in [0.5, 0.6) is 0 Å².